The number of nitrogens with one attached hydrogen (secondary N) is 3. The van der Waals surface area contributed by atoms with Gasteiger partial charge in [-0.25, -0.2) is 9.59 Å². The number of carbonyl (C=O) groups is 3. The number of halogens is 1. The molecule has 1 aliphatic rings. The summed E-state index contributed by atoms with van der Waals surface area (Å²) < 4.78 is 12.2. The monoisotopic (exact) mass is 660 g/mol. The van der Waals surface area contributed by atoms with Gasteiger partial charge in [0.15, 0.2) is 12.4 Å². The molecular formula is C32H33ClN8O6. The fraction of sp³-hybridized carbons (Fsp3) is 0.281. The molecule has 2 aromatic carbocycles. The van der Waals surface area contributed by atoms with Crippen molar-refractivity contribution >= 4 is 47.0 Å². The number of esters is 1. The van der Waals surface area contributed by atoms with E-state index in [1.807, 2.05) is 6.07 Å². The topological polar surface area (TPSA) is 176 Å². The Bertz CT molecular complexity index is 1780. The van der Waals surface area contributed by atoms with Crippen LogP contribution in [0.5, 0.6) is 0 Å². The zero-order valence-electron chi connectivity index (χ0n) is 25.7. The van der Waals surface area contributed by atoms with Crippen molar-refractivity contribution in [3.63, 3.8) is 0 Å². The van der Waals surface area contributed by atoms with Crippen molar-refractivity contribution in [1.82, 2.24) is 25.5 Å². The molecule has 2 bridgehead atoms. The molecule has 47 heavy (non-hydrogen) atoms. The molecule has 0 unspecified atom stereocenters. The fourth-order valence-electron chi connectivity index (χ4n) is 5.30. The number of aromatic nitrogens is 5. The number of nitrogens with zero attached hydrogens (tertiary/aromatic N) is 5. The zero-order valence-corrected chi connectivity index (χ0v) is 26.4. The highest BCUT2D eigenvalue weighted by Crippen LogP contribution is 2.34. The predicted octanol–water partition coefficient (Wildman–Crippen LogP) is 4.58. The van der Waals surface area contributed by atoms with E-state index in [1.54, 1.807) is 49.4 Å². The van der Waals surface area contributed by atoms with Crippen molar-refractivity contribution in [2.75, 3.05) is 24.4 Å². The summed E-state index contributed by atoms with van der Waals surface area (Å²) in [5, 5.41) is 33.6. The molecule has 4 aromatic rings. The molecule has 1 aliphatic heterocycles. The maximum absolute atomic E-state index is 13.3. The highest BCUT2D eigenvalue weighted by Gasteiger charge is 2.25. The number of pyridine rings is 1. The van der Waals surface area contributed by atoms with Crippen LogP contribution in [0.15, 0.2) is 67.3 Å². The molecule has 14 nitrogen and oxygen atoms in total. The Morgan fingerprint density at radius 2 is 1.98 bits per heavy atom. The summed E-state index contributed by atoms with van der Waals surface area (Å²) in [4.78, 5) is 38.2. The number of benzene rings is 2. The van der Waals surface area contributed by atoms with Gasteiger partial charge < -0.3 is 25.3 Å². The van der Waals surface area contributed by atoms with Crippen LogP contribution in [0.3, 0.4) is 0 Å². The SMILES string of the molecule is CCOC(=O)[C@H]1CCCC[C@H](NC(=O)C=Cc2cc(Cl)ccc2-n2cnnn2)c2cc(c[n+]([O-])c2)-c2ccc(NC(=O)OC)cc2N1. The van der Waals surface area contributed by atoms with E-state index in [9.17, 15) is 19.6 Å². The molecule has 2 aromatic heterocycles. The number of anilines is 2. The van der Waals surface area contributed by atoms with E-state index < -0.39 is 30.1 Å². The second-order valence-electron chi connectivity index (χ2n) is 10.7. The lowest BCUT2D eigenvalue weighted by Crippen LogP contribution is -2.33. The van der Waals surface area contributed by atoms with Crippen LogP contribution < -0.4 is 20.7 Å². The van der Waals surface area contributed by atoms with Crippen LogP contribution in [-0.2, 0) is 19.1 Å². The molecule has 244 valence electrons. The van der Waals surface area contributed by atoms with Crippen LogP contribution in [0.25, 0.3) is 22.9 Å². The van der Waals surface area contributed by atoms with E-state index in [2.05, 4.69) is 31.5 Å². The Labute approximate surface area is 275 Å². The van der Waals surface area contributed by atoms with Crippen LogP contribution in [0.1, 0.15) is 49.8 Å². The van der Waals surface area contributed by atoms with Gasteiger partial charge >= 0.3 is 12.1 Å². The van der Waals surface area contributed by atoms with Gasteiger partial charge in [0.25, 0.3) is 0 Å². The van der Waals surface area contributed by atoms with Gasteiger partial charge in [-0.2, -0.15) is 9.41 Å². The van der Waals surface area contributed by atoms with Gasteiger partial charge in [0, 0.05) is 44.7 Å². The first-order valence-electron chi connectivity index (χ1n) is 14.9. The number of hydrogen-bond donors (Lipinski definition) is 3. The van der Waals surface area contributed by atoms with Crippen molar-refractivity contribution in [3.05, 3.63) is 88.6 Å². The van der Waals surface area contributed by atoms with Gasteiger partial charge in [-0.05, 0) is 72.7 Å². The molecular weight excluding hydrogens is 628 g/mol. The highest BCUT2D eigenvalue weighted by atomic mass is 35.5. The first kappa shape index (κ1) is 32.9. The fourth-order valence-corrected chi connectivity index (χ4v) is 5.48. The Morgan fingerprint density at radius 1 is 1.15 bits per heavy atom. The number of ether oxygens (including phenoxy) is 2. The number of rotatable bonds is 7. The third-order valence-corrected chi connectivity index (χ3v) is 7.72. The zero-order chi connectivity index (χ0) is 33.3. The molecule has 15 heteroatoms. The molecule has 3 heterocycles. The van der Waals surface area contributed by atoms with E-state index in [0.29, 0.717) is 74.8 Å². The Balaban J connectivity index is 1.48. The van der Waals surface area contributed by atoms with Crippen LogP contribution in [0, 0.1) is 5.21 Å². The molecule has 3 N–H and O–H groups in total. The molecule has 0 spiro atoms. The second-order valence-corrected chi connectivity index (χ2v) is 11.1. The summed E-state index contributed by atoms with van der Waals surface area (Å²) in [6.45, 7) is 1.94. The van der Waals surface area contributed by atoms with E-state index in [1.165, 1.54) is 36.6 Å². The van der Waals surface area contributed by atoms with Crippen LogP contribution in [-0.4, -0.2) is 57.9 Å². The van der Waals surface area contributed by atoms with E-state index in [4.69, 9.17) is 21.1 Å². The second kappa shape index (κ2) is 15.2. The first-order chi connectivity index (χ1) is 22.7. The highest BCUT2D eigenvalue weighted by molar-refractivity contribution is 6.30. The number of tetrazole rings is 1. The lowest BCUT2D eigenvalue weighted by molar-refractivity contribution is -0.605. The van der Waals surface area contributed by atoms with Crippen molar-refractivity contribution in [3.8, 4) is 16.8 Å². The Morgan fingerprint density at radius 3 is 2.74 bits per heavy atom. The van der Waals surface area contributed by atoms with Crippen molar-refractivity contribution in [2.45, 2.75) is 44.7 Å². The largest absolute Gasteiger partial charge is 0.619 e. The van der Waals surface area contributed by atoms with Gasteiger partial charge in [-0.1, -0.05) is 30.5 Å². The minimum atomic E-state index is -0.702. The first-order valence-corrected chi connectivity index (χ1v) is 15.3. The number of hydrogen-bond acceptors (Lipinski definition) is 10. The minimum Gasteiger partial charge on any atom is -0.619 e. The number of methoxy groups -OCH3 is 1. The third kappa shape index (κ3) is 8.41. The average molecular weight is 661 g/mol. The van der Waals surface area contributed by atoms with Gasteiger partial charge in [-0.15, -0.1) is 5.10 Å². The number of carbonyl (C=O) groups excluding carboxylic acids is 3. The molecule has 2 atom stereocenters. The summed E-state index contributed by atoms with van der Waals surface area (Å²) >= 11 is 6.22. The van der Waals surface area contributed by atoms with Crippen LogP contribution >= 0.6 is 11.6 Å². The number of amides is 2. The molecule has 0 aliphatic carbocycles. The lowest BCUT2D eigenvalue weighted by atomic mass is 9.95. The quantitative estimate of drug-likeness (QED) is 0.110. The summed E-state index contributed by atoms with van der Waals surface area (Å²) in [6.07, 6.45) is 8.80. The molecule has 2 amide bonds. The molecule has 0 saturated carbocycles. The summed E-state index contributed by atoms with van der Waals surface area (Å²) in [7, 11) is 1.26. The summed E-state index contributed by atoms with van der Waals surface area (Å²) in [5.41, 5.74) is 3.90. The Kier molecular flexibility index (Phi) is 10.6. The maximum Gasteiger partial charge on any atom is 0.411 e. The standard InChI is InChI=1S/C32H33ClN8O6/c1-3-47-31(43)27-7-5-4-6-26(37-30(42)13-8-20-15-23(33)9-12-29(20)41-19-34-38-39-41)22-14-21(17-40(45)18-22)25-11-10-24(16-28(25)36-27)35-32(44)46-2/h8-19,26-27,36H,3-7H2,1-2H3,(H,35,44)(H,37,42)/t26-,27+/m0/s1. The van der Waals surface area contributed by atoms with Gasteiger partial charge in [-0.3, -0.25) is 10.1 Å². The molecule has 0 saturated heterocycles. The molecule has 0 fully saturated rings. The van der Waals surface area contributed by atoms with E-state index >= 15 is 0 Å². The summed E-state index contributed by atoms with van der Waals surface area (Å²) in [6, 6.07) is 10.8. The van der Waals surface area contributed by atoms with E-state index in [0.717, 1.165) is 0 Å². The van der Waals surface area contributed by atoms with Crippen molar-refractivity contribution in [1.29, 1.82) is 0 Å². The van der Waals surface area contributed by atoms with Gasteiger partial charge in [0.1, 0.15) is 12.4 Å². The maximum atomic E-state index is 13.3. The van der Waals surface area contributed by atoms with Crippen molar-refractivity contribution in [2.24, 2.45) is 0 Å². The normalized spacial score (nSPS) is 16.1. The van der Waals surface area contributed by atoms with Gasteiger partial charge in [0.2, 0.25) is 5.91 Å². The Hall–Kier alpha value is -5.50. The number of fused-ring (bicyclic) bond motifs is 4. The third-order valence-electron chi connectivity index (χ3n) is 7.48. The lowest BCUT2D eigenvalue weighted by Gasteiger charge is -2.24. The smallest absolute Gasteiger partial charge is 0.411 e. The van der Waals surface area contributed by atoms with Crippen LogP contribution in [0.2, 0.25) is 5.02 Å². The minimum absolute atomic E-state index is 0.208. The van der Waals surface area contributed by atoms with Crippen molar-refractivity contribution < 1.29 is 28.6 Å². The summed E-state index contributed by atoms with van der Waals surface area (Å²) in [5.74, 6) is -0.816. The van der Waals surface area contributed by atoms with E-state index in [-0.39, 0.29) is 6.61 Å². The average Bonchev–Trinajstić information content (AvgIpc) is 3.59. The molecule has 5 rings (SSSR count). The molecule has 0 radical (unpaired) electrons. The predicted molar refractivity (Wildman–Crippen MR) is 173 cm³/mol. The van der Waals surface area contributed by atoms with Crippen LogP contribution in [0.4, 0.5) is 16.2 Å². The van der Waals surface area contributed by atoms with Gasteiger partial charge in [0.05, 0.1) is 25.4 Å².